The van der Waals surface area contributed by atoms with E-state index >= 15 is 0 Å². The molecule has 0 bridgehead atoms. The Balaban J connectivity index is 2.98. The summed E-state index contributed by atoms with van der Waals surface area (Å²) in [6.07, 6.45) is 1.73. The average molecular weight is 226 g/mol. The number of esters is 1. The van der Waals surface area contributed by atoms with Crippen LogP contribution in [-0.4, -0.2) is 30.6 Å². The summed E-state index contributed by atoms with van der Waals surface area (Å²) in [7, 11) is 1.26. The Kier molecular flexibility index (Phi) is 3.86. The SMILES string of the molecule is C=CC[C@]1(C(=O)OC)O[C@@H](C(C)C)CC1=O. The molecule has 1 aliphatic rings. The van der Waals surface area contributed by atoms with Crippen LogP contribution >= 0.6 is 0 Å². The Bertz CT molecular complexity index is 308. The van der Waals surface area contributed by atoms with E-state index < -0.39 is 11.6 Å². The number of ketones is 1. The van der Waals surface area contributed by atoms with Gasteiger partial charge in [0, 0.05) is 12.8 Å². The number of hydrogen-bond donors (Lipinski definition) is 0. The van der Waals surface area contributed by atoms with Crippen molar-refractivity contribution in [2.75, 3.05) is 7.11 Å². The number of rotatable bonds is 4. The number of methoxy groups -OCH3 is 1. The van der Waals surface area contributed by atoms with Gasteiger partial charge >= 0.3 is 5.97 Å². The van der Waals surface area contributed by atoms with E-state index in [1.54, 1.807) is 0 Å². The zero-order valence-electron chi connectivity index (χ0n) is 9.99. The molecule has 2 atom stereocenters. The molecular weight excluding hydrogens is 208 g/mol. The quantitative estimate of drug-likeness (QED) is 0.414. The lowest BCUT2D eigenvalue weighted by Gasteiger charge is -2.24. The average Bonchev–Trinajstić information content (AvgIpc) is 2.57. The molecule has 4 heteroatoms. The number of Topliss-reactive ketones (excluding diaryl/α,β-unsaturated/α-hetero) is 1. The predicted molar refractivity (Wildman–Crippen MR) is 58.9 cm³/mol. The summed E-state index contributed by atoms with van der Waals surface area (Å²) in [5, 5.41) is 0. The molecule has 90 valence electrons. The predicted octanol–water partition coefficient (Wildman–Crippen LogP) is 1.49. The van der Waals surface area contributed by atoms with Crippen LogP contribution in [0.1, 0.15) is 26.7 Å². The molecule has 0 radical (unpaired) electrons. The highest BCUT2D eigenvalue weighted by atomic mass is 16.6. The molecule has 0 aromatic heterocycles. The van der Waals surface area contributed by atoms with E-state index in [2.05, 4.69) is 11.3 Å². The maximum atomic E-state index is 11.9. The van der Waals surface area contributed by atoms with Crippen molar-refractivity contribution in [3.05, 3.63) is 12.7 Å². The molecule has 0 aromatic rings. The highest BCUT2D eigenvalue weighted by molar-refractivity contribution is 6.08. The van der Waals surface area contributed by atoms with Crippen molar-refractivity contribution >= 4 is 11.8 Å². The van der Waals surface area contributed by atoms with Crippen LogP contribution in [0.3, 0.4) is 0 Å². The van der Waals surface area contributed by atoms with Gasteiger partial charge in [-0.25, -0.2) is 4.79 Å². The van der Waals surface area contributed by atoms with Crippen LogP contribution in [0, 0.1) is 5.92 Å². The van der Waals surface area contributed by atoms with E-state index in [1.807, 2.05) is 13.8 Å². The second-order valence-electron chi connectivity index (χ2n) is 4.34. The highest BCUT2D eigenvalue weighted by Gasteiger charge is 2.54. The molecule has 0 aromatic carbocycles. The molecule has 1 fully saturated rings. The summed E-state index contributed by atoms with van der Waals surface area (Å²) < 4.78 is 10.3. The van der Waals surface area contributed by atoms with Gasteiger partial charge in [-0.2, -0.15) is 0 Å². The lowest BCUT2D eigenvalue weighted by molar-refractivity contribution is -0.171. The highest BCUT2D eigenvalue weighted by Crippen LogP contribution is 2.34. The van der Waals surface area contributed by atoms with Crippen LogP contribution in [0.15, 0.2) is 12.7 Å². The Labute approximate surface area is 95.6 Å². The summed E-state index contributed by atoms with van der Waals surface area (Å²) in [5.41, 5.74) is -1.45. The van der Waals surface area contributed by atoms with Gasteiger partial charge in [0.1, 0.15) is 0 Å². The Morgan fingerprint density at radius 1 is 1.75 bits per heavy atom. The Morgan fingerprint density at radius 3 is 2.75 bits per heavy atom. The van der Waals surface area contributed by atoms with Crippen molar-refractivity contribution in [3.8, 4) is 0 Å². The summed E-state index contributed by atoms with van der Waals surface area (Å²) in [6, 6.07) is 0. The maximum absolute atomic E-state index is 11.9. The van der Waals surface area contributed by atoms with E-state index in [4.69, 9.17) is 4.74 Å². The van der Waals surface area contributed by atoms with Crippen molar-refractivity contribution in [1.29, 1.82) is 0 Å². The largest absolute Gasteiger partial charge is 0.467 e. The molecule has 0 N–H and O–H groups in total. The fraction of sp³-hybridized carbons (Fsp3) is 0.667. The zero-order chi connectivity index (χ0) is 12.3. The van der Waals surface area contributed by atoms with Crippen LogP contribution in [0.4, 0.5) is 0 Å². The van der Waals surface area contributed by atoms with Crippen molar-refractivity contribution in [1.82, 2.24) is 0 Å². The van der Waals surface area contributed by atoms with Gasteiger partial charge in [0.05, 0.1) is 13.2 Å². The van der Waals surface area contributed by atoms with Gasteiger partial charge in [-0.15, -0.1) is 6.58 Å². The summed E-state index contributed by atoms with van der Waals surface area (Å²) in [4.78, 5) is 23.6. The second-order valence-corrected chi connectivity index (χ2v) is 4.34. The van der Waals surface area contributed by atoms with Crippen LogP contribution in [0.2, 0.25) is 0 Å². The molecule has 0 unspecified atom stereocenters. The van der Waals surface area contributed by atoms with Crippen LogP contribution in [0.25, 0.3) is 0 Å². The minimum absolute atomic E-state index is 0.168. The van der Waals surface area contributed by atoms with Gasteiger partial charge in [0.2, 0.25) is 5.60 Å². The lowest BCUT2D eigenvalue weighted by atomic mass is 9.93. The number of carbonyl (C=O) groups is 2. The minimum Gasteiger partial charge on any atom is -0.467 e. The molecule has 1 aliphatic heterocycles. The fourth-order valence-corrected chi connectivity index (χ4v) is 1.86. The smallest absolute Gasteiger partial charge is 0.346 e. The van der Waals surface area contributed by atoms with E-state index in [1.165, 1.54) is 13.2 Å². The lowest BCUT2D eigenvalue weighted by Crippen LogP contribution is -2.45. The monoisotopic (exact) mass is 226 g/mol. The van der Waals surface area contributed by atoms with E-state index in [0.717, 1.165) is 0 Å². The van der Waals surface area contributed by atoms with E-state index in [-0.39, 0.29) is 30.6 Å². The van der Waals surface area contributed by atoms with E-state index in [0.29, 0.717) is 0 Å². The fourth-order valence-electron chi connectivity index (χ4n) is 1.86. The Morgan fingerprint density at radius 2 is 2.38 bits per heavy atom. The topological polar surface area (TPSA) is 52.6 Å². The first-order valence-corrected chi connectivity index (χ1v) is 5.38. The van der Waals surface area contributed by atoms with Crippen LogP contribution in [-0.2, 0) is 19.1 Å². The molecule has 0 amide bonds. The second kappa shape index (κ2) is 4.78. The third-order valence-corrected chi connectivity index (χ3v) is 2.88. The number of hydrogen-bond acceptors (Lipinski definition) is 4. The summed E-state index contributed by atoms with van der Waals surface area (Å²) in [6.45, 7) is 7.47. The summed E-state index contributed by atoms with van der Waals surface area (Å²) >= 11 is 0. The molecule has 0 spiro atoms. The van der Waals surface area contributed by atoms with Crippen LogP contribution < -0.4 is 0 Å². The van der Waals surface area contributed by atoms with Crippen molar-refractivity contribution < 1.29 is 19.1 Å². The molecule has 0 aliphatic carbocycles. The van der Waals surface area contributed by atoms with Crippen LogP contribution in [0.5, 0.6) is 0 Å². The molecule has 4 nitrogen and oxygen atoms in total. The van der Waals surface area contributed by atoms with Gasteiger partial charge in [0.15, 0.2) is 5.78 Å². The molecule has 1 rings (SSSR count). The zero-order valence-corrected chi connectivity index (χ0v) is 9.99. The van der Waals surface area contributed by atoms with Crippen molar-refractivity contribution in [3.63, 3.8) is 0 Å². The first-order chi connectivity index (χ1) is 7.47. The van der Waals surface area contributed by atoms with Gasteiger partial charge in [0.25, 0.3) is 0 Å². The minimum atomic E-state index is -1.45. The molecule has 1 saturated heterocycles. The number of carbonyl (C=O) groups excluding carboxylic acids is 2. The van der Waals surface area contributed by atoms with Gasteiger partial charge in [-0.1, -0.05) is 19.9 Å². The van der Waals surface area contributed by atoms with Crippen molar-refractivity contribution in [2.45, 2.75) is 38.4 Å². The molecule has 16 heavy (non-hydrogen) atoms. The third-order valence-electron chi connectivity index (χ3n) is 2.88. The normalized spacial score (nSPS) is 29.5. The van der Waals surface area contributed by atoms with Gasteiger partial charge in [-0.3, -0.25) is 4.79 Å². The Hall–Kier alpha value is -1.16. The molecule has 1 heterocycles. The van der Waals surface area contributed by atoms with Crippen molar-refractivity contribution in [2.24, 2.45) is 5.92 Å². The first kappa shape index (κ1) is 12.9. The van der Waals surface area contributed by atoms with Gasteiger partial charge in [-0.05, 0) is 5.92 Å². The molecular formula is C12H18O4. The van der Waals surface area contributed by atoms with Gasteiger partial charge < -0.3 is 9.47 Å². The molecule has 0 saturated carbocycles. The first-order valence-electron chi connectivity index (χ1n) is 5.38. The third kappa shape index (κ3) is 2.02. The van der Waals surface area contributed by atoms with E-state index in [9.17, 15) is 9.59 Å². The standard InChI is InChI=1S/C12H18O4/c1-5-6-12(11(14)15-4)10(13)7-9(16-12)8(2)3/h5,8-9H,1,6-7H2,2-4H3/t9-,12+/m1/s1. The number of ether oxygens (including phenoxy) is 2. The maximum Gasteiger partial charge on any atom is 0.346 e. The summed E-state index contributed by atoms with van der Waals surface area (Å²) in [5.74, 6) is -0.640.